The maximum Gasteiger partial charge on any atom is 0.304 e. The summed E-state index contributed by atoms with van der Waals surface area (Å²) in [4.78, 5) is 28.2. The summed E-state index contributed by atoms with van der Waals surface area (Å²) < 4.78 is 0. The number of carbonyl (C=O) groups is 2. The molecule has 0 aromatic heterocycles. The summed E-state index contributed by atoms with van der Waals surface area (Å²) in [5.74, 6) is -0.749. The number of nitrogens with zero attached hydrogens (tertiary/aromatic N) is 4. The van der Waals surface area contributed by atoms with Crippen molar-refractivity contribution in [1.82, 2.24) is 14.7 Å². The van der Waals surface area contributed by atoms with Gasteiger partial charge in [0.1, 0.15) is 0 Å². The minimum Gasteiger partial charge on any atom is -0.481 e. The van der Waals surface area contributed by atoms with Gasteiger partial charge < -0.3 is 14.9 Å². The number of amides is 1. The zero-order valence-electron chi connectivity index (χ0n) is 11.9. The SMILES string of the molecule is CN(CCC#N)C(=O)CN1CCN(CCC(=O)O)CC1. The van der Waals surface area contributed by atoms with Gasteiger partial charge >= 0.3 is 5.97 Å². The van der Waals surface area contributed by atoms with Crippen molar-refractivity contribution in [3.05, 3.63) is 0 Å². The Bertz CT molecular complexity index is 372. The average Bonchev–Trinajstić information content (AvgIpc) is 2.43. The molecular formula is C13H22N4O3. The summed E-state index contributed by atoms with van der Waals surface area (Å²) in [7, 11) is 1.71. The summed E-state index contributed by atoms with van der Waals surface area (Å²) in [6, 6.07) is 2.02. The van der Waals surface area contributed by atoms with E-state index in [1.165, 1.54) is 0 Å². The van der Waals surface area contributed by atoms with Crippen LogP contribution in [0.15, 0.2) is 0 Å². The van der Waals surface area contributed by atoms with E-state index in [1.54, 1.807) is 11.9 Å². The summed E-state index contributed by atoms with van der Waals surface area (Å²) in [5.41, 5.74) is 0. The van der Waals surface area contributed by atoms with Crippen LogP contribution in [-0.4, -0.2) is 84.5 Å². The zero-order chi connectivity index (χ0) is 15.0. The molecule has 1 rings (SSSR count). The van der Waals surface area contributed by atoms with Crippen molar-refractivity contribution >= 4 is 11.9 Å². The first kappa shape index (κ1) is 16.4. The number of piperazine rings is 1. The van der Waals surface area contributed by atoms with Crippen LogP contribution in [0.5, 0.6) is 0 Å². The maximum absolute atomic E-state index is 11.9. The lowest BCUT2D eigenvalue weighted by Crippen LogP contribution is -2.50. The molecule has 20 heavy (non-hydrogen) atoms. The van der Waals surface area contributed by atoms with E-state index in [-0.39, 0.29) is 12.3 Å². The van der Waals surface area contributed by atoms with Crippen molar-refractivity contribution in [2.24, 2.45) is 0 Å². The molecule has 1 fully saturated rings. The highest BCUT2D eigenvalue weighted by atomic mass is 16.4. The van der Waals surface area contributed by atoms with E-state index >= 15 is 0 Å². The average molecular weight is 282 g/mol. The predicted octanol–water partition coefficient (Wildman–Crippen LogP) is -0.549. The molecule has 1 saturated heterocycles. The molecule has 1 aliphatic heterocycles. The number of hydrogen-bond acceptors (Lipinski definition) is 5. The smallest absolute Gasteiger partial charge is 0.304 e. The number of carboxylic acids is 1. The third-order valence-electron chi connectivity index (χ3n) is 3.45. The molecule has 1 amide bonds. The highest BCUT2D eigenvalue weighted by Gasteiger charge is 2.20. The summed E-state index contributed by atoms with van der Waals surface area (Å²) in [5, 5.41) is 17.1. The monoisotopic (exact) mass is 282 g/mol. The van der Waals surface area contributed by atoms with Crippen LogP contribution in [0, 0.1) is 11.3 Å². The molecule has 1 N–H and O–H groups in total. The molecule has 0 aromatic carbocycles. The standard InChI is InChI=1S/C13H22N4O3/c1-15(5-2-4-14)12(18)11-17-9-7-16(8-10-17)6-3-13(19)20/h2-3,5-11H2,1H3,(H,19,20). The number of hydrogen-bond donors (Lipinski definition) is 1. The fourth-order valence-corrected chi connectivity index (χ4v) is 2.08. The van der Waals surface area contributed by atoms with E-state index in [9.17, 15) is 9.59 Å². The molecule has 0 aromatic rings. The molecule has 112 valence electrons. The Hall–Kier alpha value is -1.65. The number of rotatable bonds is 7. The Morgan fingerprint density at radius 1 is 1.25 bits per heavy atom. The van der Waals surface area contributed by atoms with E-state index < -0.39 is 5.97 Å². The van der Waals surface area contributed by atoms with E-state index in [0.29, 0.717) is 26.1 Å². The van der Waals surface area contributed by atoms with Crippen LogP contribution in [0.3, 0.4) is 0 Å². The van der Waals surface area contributed by atoms with Crippen molar-refractivity contribution in [2.45, 2.75) is 12.8 Å². The van der Waals surface area contributed by atoms with Gasteiger partial charge in [0, 0.05) is 46.3 Å². The van der Waals surface area contributed by atoms with Crippen LogP contribution < -0.4 is 0 Å². The molecule has 1 heterocycles. The Morgan fingerprint density at radius 3 is 2.40 bits per heavy atom. The van der Waals surface area contributed by atoms with Crippen LogP contribution in [-0.2, 0) is 9.59 Å². The minimum absolute atomic E-state index is 0.0271. The first-order valence-corrected chi connectivity index (χ1v) is 6.80. The van der Waals surface area contributed by atoms with Gasteiger partial charge in [-0.2, -0.15) is 5.26 Å². The molecule has 0 unspecified atom stereocenters. The zero-order valence-corrected chi connectivity index (χ0v) is 11.9. The summed E-state index contributed by atoms with van der Waals surface area (Å²) in [6.45, 7) is 4.54. The first-order valence-electron chi connectivity index (χ1n) is 6.80. The van der Waals surface area contributed by atoms with Crippen molar-refractivity contribution in [1.29, 1.82) is 5.26 Å². The molecule has 0 aliphatic carbocycles. The molecule has 0 saturated carbocycles. The molecule has 7 heteroatoms. The van der Waals surface area contributed by atoms with E-state index in [2.05, 4.69) is 9.80 Å². The van der Waals surface area contributed by atoms with E-state index in [4.69, 9.17) is 10.4 Å². The lowest BCUT2D eigenvalue weighted by Gasteiger charge is -2.34. The van der Waals surface area contributed by atoms with Gasteiger partial charge in [0.15, 0.2) is 0 Å². The van der Waals surface area contributed by atoms with Gasteiger partial charge in [-0.3, -0.25) is 14.5 Å². The molecule has 1 aliphatic rings. The first-order chi connectivity index (χ1) is 9.52. The van der Waals surface area contributed by atoms with Crippen LogP contribution >= 0.6 is 0 Å². The fourth-order valence-electron chi connectivity index (χ4n) is 2.08. The number of likely N-dealkylation sites (N-methyl/N-ethyl adjacent to an activating group) is 1. The van der Waals surface area contributed by atoms with Crippen LogP contribution in [0.4, 0.5) is 0 Å². The number of aliphatic carboxylic acids is 1. The van der Waals surface area contributed by atoms with Crippen molar-refractivity contribution in [3.63, 3.8) is 0 Å². The molecular weight excluding hydrogens is 260 g/mol. The van der Waals surface area contributed by atoms with Gasteiger partial charge in [0.2, 0.25) is 5.91 Å². The van der Waals surface area contributed by atoms with E-state index in [0.717, 1.165) is 26.2 Å². The van der Waals surface area contributed by atoms with Gasteiger partial charge in [-0.1, -0.05) is 0 Å². The van der Waals surface area contributed by atoms with Crippen LogP contribution in [0.1, 0.15) is 12.8 Å². The molecule has 7 nitrogen and oxygen atoms in total. The quantitative estimate of drug-likeness (QED) is 0.674. The van der Waals surface area contributed by atoms with Crippen molar-refractivity contribution in [3.8, 4) is 6.07 Å². The predicted molar refractivity (Wildman–Crippen MR) is 73.0 cm³/mol. The lowest BCUT2D eigenvalue weighted by atomic mass is 10.3. The van der Waals surface area contributed by atoms with Crippen molar-refractivity contribution in [2.75, 3.05) is 52.9 Å². The lowest BCUT2D eigenvalue weighted by molar-refractivity contribution is -0.137. The number of nitriles is 1. The van der Waals surface area contributed by atoms with Gasteiger partial charge in [-0.25, -0.2) is 0 Å². The second-order valence-corrected chi connectivity index (χ2v) is 4.98. The van der Waals surface area contributed by atoms with Crippen molar-refractivity contribution < 1.29 is 14.7 Å². The minimum atomic E-state index is -0.776. The Kier molecular flexibility index (Phi) is 6.98. The third-order valence-corrected chi connectivity index (χ3v) is 3.45. The molecule has 0 bridgehead atoms. The summed E-state index contributed by atoms with van der Waals surface area (Å²) >= 11 is 0. The number of carboxylic acid groups (broad SMARTS) is 1. The second kappa shape index (κ2) is 8.51. The van der Waals surface area contributed by atoms with Gasteiger partial charge in [-0.05, 0) is 0 Å². The fraction of sp³-hybridized carbons (Fsp3) is 0.769. The van der Waals surface area contributed by atoms with E-state index in [1.807, 2.05) is 6.07 Å². The topological polar surface area (TPSA) is 87.9 Å². The Morgan fingerprint density at radius 2 is 1.85 bits per heavy atom. The molecule has 0 spiro atoms. The Labute approximate surface area is 119 Å². The molecule has 0 radical (unpaired) electrons. The van der Waals surface area contributed by atoms with Gasteiger partial charge in [0.25, 0.3) is 0 Å². The Balaban J connectivity index is 2.23. The second-order valence-electron chi connectivity index (χ2n) is 4.98. The number of carbonyl (C=O) groups excluding carboxylic acids is 1. The maximum atomic E-state index is 11.9. The molecule has 0 atom stereocenters. The third kappa shape index (κ3) is 5.99. The normalized spacial score (nSPS) is 16.6. The summed E-state index contributed by atoms with van der Waals surface area (Å²) in [6.07, 6.45) is 0.515. The van der Waals surface area contributed by atoms with Crippen LogP contribution in [0.2, 0.25) is 0 Å². The van der Waals surface area contributed by atoms with Gasteiger partial charge in [0.05, 0.1) is 25.5 Å². The largest absolute Gasteiger partial charge is 0.481 e. The van der Waals surface area contributed by atoms with Crippen LogP contribution in [0.25, 0.3) is 0 Å². The van der Waals surface area contributed by atoms with Gasteiger partial charge in [-0.15, -0.1) is 0 Å². The highest BCUT2D eigenvalue weighted by Crippen LogP contribution is 2.03. The highest BCUT2D eigenvalue weighted by molar-refractivity contribution is 5.78.